The van der Waals surface area contributed by atoms with Gasteiger partial charge >= 0.3 is 5.97 Å². The van der Waals surface area contributed by atoms with E-state index in [1.165, 1.54) is 7.11 Å². The molecule has 110 valence electrons. The van der Waals surface area contributed by atoms with Gasteiger partial charge in [-0.15, -0.1) is 0 Å². The minimum absolute atomic E-state index is 0.173. The molecule has 3 heteroatoms. The van der Waals surface area contributed by atoms with Crippen molar-refractivity contribution in [3.05, 3.63) is 35.4 Å². The molecule has 3 nitrogen and oxygen atoms in total. The summed E-state index contributed by atoms with van der Waals surface area (Å²) >= 11 is 0. The van der Waals surface area contributed by atoms with Crippen molar-refractivity contribution in [1.82, 2.24) is 0 Å². The van der Waals surface area contributed by atoms with Crippen LogP contribution in [0.15, 0.2) is 24.3 Å². The lowest BCUT2D eigenvalue weighted by Gasteiger charge is -2.04. The van der Waals surface area contributed by atoms with E-state index in [0.717, 1.165) is 43.2 Å². The molecule has 0 bridgehead atoms. The first-order valence-electron chi connectivity index (χ1n) is 7.36. The summed E-state index contributed by atoms with van der Waals surface area (Å²) in [7, 11) is 1.40. The number of aryl methyl sites for hydroxylation is 1. The van der Waals surface area contributed by atoms with Crippen LogP contribution in [-0.2, 0) is 16.0 Å². The highest BCUT2D eigenvalue weighted by Crippen LogP contribution is 2.12. The highest BCUT2D eigenvalue weighted by molar-refractivity contribution is 5.96. The van der Waals surface area contributed by atoms with Crippen molar-refractivity contribution in [2.45, 2.75) is 51.9 Å². The standard InChI is InChI=1S/C17H24O3/c1-3-4-5-8-16(18)15-12-10-14(11-13-15)7-6-9-17(19)20-2/h10-13H,3-9H2,1-2H3. The van der Waals surface area contributed by atoms with Crippen LogP contribution >= 0.6 is 0 Å². The molecule has 20 heavy (non-hydrogen) atoms. The van der Waals surface area contributed by atoms with Gasteiger partial charge in [-0.3, -0.25) is 9.59 Å². The van der Waals surface area contributed by atoms with E-state index in [1.54, 1.807) is 0 Å². The predicted molar refractivity (Wildman–Crippen MR) is 79.9 cm³/mol. The van der Waals surface area contributed by atoms with Gasteiger partial charge in [0.05, 0.1) is 7.11 Å². The molecule has 0 saturated heterocycles. The molecule has 0 radical (unpaired) electrons. The van der Waals surface area contributed by atoms with E-state index in [2.05, 4.69) is 11.7 Å². The zero-order valence-electron chi connectivity index (χ0n) is 12.5. The molecule has 0 spiro atoms. The average molecular weight is 276 g/mol. The maximum Gasteiger partial charge on any atom is 0.305 e. The Labute approximate surface area is 121 Å². The van der Waals surface area contributed by atoms with E-state index in [4.69, 9.17) is 0 Å². The highest BCUT2D eigenvalue weighted by atomic mass is 16.5. The van der Waals surface area contributed by atoms with Crippen LogP contribution in [0.2, 0.25) is 0 Å². The number of ether oxygens (including phenoxy) is 1. The number of hydrogen-bond donors (Lipinski definition) is 0. The Hall–Kier alpha value is -1.64. The van der Waals surface area contributed by atoms with Crippen molar-refractivity contribution in [2.75, 3.05) is 7.11 Å². The second-order valence-corrected chi connectivity index (χ2v) is 5.01. The van der Waals surface area contributed by atoms with E-state index in [1.807, 2.05) is 24.3 Å². The van der Waals surface area contributed by atoms with Crippen LogP contribution < -0.4 is 0 Å². The summed E-state index contributed by atoms with van der Waals surface area (Å²) in [4.78, 5) is 22.9. The van der Waals surface area contributed by atoms with Crippen LogP contribution in [0, 0.1) is 0 Å². The van der Waals surface area contributed by atoms with Gasteiger partial charge in [0.15, 0.2) is 5.78 Å². The molecule has 0 heterocycles. The number of carbonyl (C=O) groups excluding carboxylic acids is 2. The second kappa shape index (κ2) is 9.29. The van der Waals surface area contributed by atoms with Gasteiger partial charge in [0.1, 0.15) is 0 Å². The molecule has 0 saturated carbocycles. The predicted octanol–water partition coefficient (Wildman–Crippen LogP) is 3.95. The minimum Gasteiger partial charge on any atom is -0.469 e. The summed E-state index contributed by atoms with van der Waals surface area (Å²) < 4.78 is 4.60. The van der Waals surface area contributed by atoms with Crippen LogP contribution in [0.25, 0.3) is 0 Å². The fourth-order valence-corrected chi connectivity index (χ4v) is 2.08. The Kier molecular flexibility index (Phi) is 7.63. The van der Waals surface area contributed by atoms with E-state index < -0.39 is 0 Å². The number of carbonyl (C=O) groups is 2. The fourth-order valence-electron chi connectivity index (χ4n) is 2.08. The third kappa shape index (κ3) is 6.00. The Morgan fingerprint density at radius 2 is 1.70 bits per heavy atom. The SMILES string of the molecule is CCCCCC(=O)c1ccc(CCCC(=O)OC)cc1. The molecule has 1 aromatic carbocycles. The molecule has 0 amide bonds. The molecule has 0 aromatic heterocycles. The zero-order chi connectivity index (χ0) is 14.8. The van der Waals surface area contributed by atoms with Gasteiger partial charge in [-0.05, 0) is 24.8 Å². The number of unbranched alkanes of at least 4 members (excludes halogenated alkanes) is 2. The summed E-state index contributed by atoms with van der Waals surface area (Å²) in [6.45, 7) is 2.13. The van der Waals surface area contributed by atoms with Crippen molar-refractivity contribution in [1.29, 1.82) is 0 Å². The fraction of sp³-hybridized carbons (Fsp3) is 0.529. The van der Waals surface area contributed by atoms with Gasteiger partial charge in [0, 0.05) is 18.4 Å². The Balaban J connectivity index is 2.39. The van der Waals surface area contributed by atoms with Crippen LogP contribution in [0.4, 0.5) is 0 Å². The van der Waals surface area contributed by atoms with Gasteiger partial charge in [0.25, 0.3) is 0 Å². The minimum atomic E-state index is -0.173. The topological polar surface area (TPSA) is 43.4 Å². The van der Waals surface area contributed by atoms with Gasteiger partial charge < -0.3 is 4.74 Å². The van der Waals surface area contributed by atoms with Gasteiger partial charge in [-0.25, -0.2) is 0 Å². The van der Waals surface area contributed by atoms with Gasteiger partial charge in [-0.2, -0.15) is 0 Å². The summed E-state index contributed by atoms with van der Waals surface area (Å²) in [6, 6.07) is 7.73. The third-order valence-electron chi connectivity index (χ3n) is 3.36. The number of rotatable bonds is 9. The largest absolute Gasteiger partial charge is 0.469 e. The molecular formula is C17H24O3. The Bertz CT molecular complexity index is 420. The van der Waals surface area contributed by atoms with Crippen molar-refractivity contribution in [3.8, 4) is 0 Å². The maximum atomic E-state index is 11.9. The van der Waals surface area contributed by atoms with Crippen molar-refractivity contribution < 1.29 is 14.3 Å². The number of Topliss-reactive ketones (excluding diaryl/α,β-unsaturated/α-hetero) is 1. The van der Waals surface area contributed by atoms with Crippen LogP contribution in [-0.4, -0.2) is 18.9 Å². The summed E-state index contributed by atoms with van der Waals surface area (Å²) in [5.74, 6) is 0.0484. The quantitative estimate of drug-likeness (QED) is 0.390. The zero-order valence-corrected chi connectivity index (χ0v) is 12.5. The van der Waals surface area contributed by atoms with Gasteiger partial charge in [-0.1, -0.05) is 44.0 Å². The molecular weight excluding hydrogens is 252 g/mol. The molecule has 0 aliphatic rings. The number of methoxy groups -OCH3 is 1. The van der Waals surface area contributed by atoms with Crippen LogP contribution in [0.3, 0.4) is 0 Å². The lowest BCUT2D eigenvalue weighted by Crippen LogP contribution is -2.01. The number of hydrogen-bond acceptors (Lipinski definition) is 3. The van der Waals surface area contributed by atoms with Crippen molar-refractivity contribution >= 4 is 11.8 Å². The lowest BCUT2D eigenvalue weighted by atomic mass is 10.0. The normalized spacial score (nSPS) is 10.3. The monoisotopic (exact) mass is 276 g/mol. The third-order valence-corrected chi connectivity index (χ3v) is 3.36. The first kappa shape index (κ1) is 16.4. The number of esters is 1. The highest BCUT2D eigenvalue weighted by Gasteiger charge is 2.06. The number of benzene rings is 1. The molecule has 0 unspecified atom stereocenters. The second-order valence-electron chi connectivity index (χ2n) is 5.01. The molecule has 0 aliphatic heterocycles. The molecule has 0 aliphatic carbocycles. The molecule has 0 N–H and O–H groups in total. The van der Waals surface area contributed by atoms with E-state index in [9.17, 15) is 9.59 Å². The summed E-state index contributed by atoms with van der Waals surface area (Å²) in [5.41, 5.74) is 1.94. The molecule has 1 aromatic rings. The first-order chi connectivity index (χ1) is 9.67. The lowest BCUT2D eigenvalue weighted by molar-refractivity contribution is -0.140. The van der Waals surface area contributed by atoms with Crippen molar-refractivity contribution in [2.24, 2.45) is 0 Å². The van der Waals surface area contributed by atoms with Crippen LogP contribution in [0.1, 0.15) is 61.4 Å². The first-order valence-corrected chi connectivity index (χ1v) is 7.36. The molecule has 0 atom stereocenters. The molecule has 1 rings (SSSR count). The van der Waals surface area contributed by atoms with E-state index in [-0.39, 0.29) is 11.8 Å². The van der Waals surface area contributed by atoms with Crippen molar-refractivity contribution in [3.63, 3.8) is 0 Å². The number of ketones is 1. The maximum absolute atomic E-state index is 11.9. The Morgan fingerprint density at radius 1 is 1.00 bits per heavy atom. The summed E-state index contributed by atoms with van der Waals surface area (Å²) in [6.07, 6.45) is 5.89. The Morgan fingerprint density at radius 3 is 2.30 bits per heavy atom. The summed E-state index contributed by atoms with van der Waals surface area (Å²) in [5, 5.41) is 0. The van der Waals surface area contributed by atoms with E-state index >= 15 is 0 Å². The van der Waals surface area contributed by atoms with Crippen LogP contribution in [0.5, 0.6) is 0 Å². The molecule has 0 fully saturated rings. The van der Waals surface area contributed by atoms with E-state index in [0.29, 0.717) is 12.8 Å². The smallest absolute Gasteiger partial charge is 0.305 e. The average Bonchev–Trinajstić information content (AvgIpc) is 2.48. The van der Waals surface area contributed by atoms with Gasteiger partial charge in [0.2, 0.25) is 0 Å².